The number of aromatic amines is 1. The van der Waals surface area contributed by atoms with E-state index in [4.69, 9.17) is 4.74 Å². The fourth-order valence-corrected chi connectivity index (χ4v) is 13.0. The van der Waals surface area contributed by atoms with Crippen molar-refractivity contribution in [2.24, 2.45) is 11.3 Å². The predicted molar refractivity (Wildman–Crippen MR) is 255 cm³/mol. The minimum atomic E-state index is -4.66. The van der Waals surface area contributed by atoms with Crippen LogP contribution in [0.25, 0.3) is 11.0 Å². The Hall–Kier alpha value is -5.58. The number of carbonyl (C=O) groups excluding carboxylic acids is 1. The van der Waals surface area contributed by atoms with Gasteiger partial charge in [0.2, 0.25) is 0 Å². The van der Waals surface area contributed by atoms with Gasteiger partial charge in [-0.25, -0.2) is 13.1 Å². The van der Waals surface area contributed by atoms with Gasteiger partial charge in [-0.15, -0.1) is 0 Å². The molecule has 16 heteroatoms. The van der Waals surface area contributed by atoms with E-state index >= 15 is 4.39 Å². The molecule has 14 nitrogen and oxygen atoms in total. The molecule has 2 aliphatic carbocycles. The molecule has 3 aliphatic heterocycles. The Morgan fingerprint density at radius 2 is 1.75 bits per heavy atom. The van der Waals surface area contributed by atoms with E-state index in [0.717, 1.165) is 63.6 Å². The zero-order valence-corrected chi connectivity index (χ0v) is 39.2. The summed E-state index contributed by atoms with van der Waals surface area (Å²) in [6.45, 7) is 10.0. The molecule has 354 valence electrons. The highest BCUT2D eigenvalue weighted by Gasteiger charge is 2.49. The number of anilines is 2. The molecule has 67 heavy (non-hydrogen) atoms. The average molecular weight is 934 g/mol. The number of aryl methyl sites for hydroxylation is 1. The number of likely N-dealkylation sites (tertiary alicyclic amines) is 1. The van der Waals surface area contributed by atoms with Crippen LogP contribution >= 0.6 is 0 Å². The minimum Gasteiger partial charge on any atom is -0.452 e. The number of nitrogens with zero attached hydrogens (tertiary/aromatic N) is 4. The number of amides is 1. The number of hydrogen-bond donors (Lipinski definition) is 4. The van der Waals surface area contributed by atoms with Gasteiger partial charge in [0.25, 0.3) is 27.6 Å². The van der Waals surface area contributed by atoms with Crippen LogP contribution in [0.5, 0.6) is 11.5 Å². The molecule has 1 spiro atoms. The first-order valence-electron chi connectivity index (χ1n) is 24.0. The summed E-state index contributed by atoms with van der Waals surface area (Å²) in [7, 11) is -4.66. The number of fused-ring (bicyclic) bond motifs is 2. The number of nitro benzene ring substituents is 1. The van der Waals surface area contributed by atoms with Crippen molar-refractivity contribution in [3.8, 4) is 11.5 Å². The first-order chi connectivity index (χ1) is 32.1. The summed E-state index contributed by atoms with van der Waals surface area (Å²) < 4.78 is 51.8. The molecular weight excluding hydrogens is 874 g/mol. The minimum absolute atomic E-state index is 0.0632. The molecule has 2 saturated heterocycles. The van der Waals surface area contributed by atoms with E-state index in [9.17, 15) is 28.4 Å². The fraction of sp³-hybridized carbons (Fsp3) is 0.490. The lowest BCUT2D eigenvalue weighted by molar-refractivity contribution is -0.384. The normalized spacial score (nSPS) is 25.1. The van der Waals surface area contributed by atoms with Crippen LogP contribution in [-0.4, -0.2) is 83.1 Å². The van der Waals surface area contributed by atoms with Gasteiger partial charge in [-0.3, -0.25) is 19.8 Å². The number of rotatable bonds is 11. The Labute approximate surface area is 390 Å². The summed E-state index contributed by atoms with van der Waals surface area (Å²) in [4.78, 5) is 37.3. The van der Waals surface area contributed by atoms with Crippen molar-refractivity contribution in [3.63, 3.8) is 0 Å². The van der Waals surface area contributed by atoms with Crippen LogP contribution in [-0.2, 0) is 16.4 Å². The second kappa shape index (κ2) is 17.5. The van der Waals surface area contributed by atoms with E-state index in [1.807, 2.05) is 6.92 Å². The molecular formula is C51H60FN7O7S. The van der Waals surface area contributed by atoms with Gasteiger partial charge >= 0.3 is 0 Å². The van der Waals surface area contributed by atoms with Crippen LogP contribution in [0.2, 0.25) is 0 Å². The van der Waals surface area contributed by atoms with Crippen LogP contribution in [0, 0.1) is 27.4 Å². The predicted octanol–water partition coefficient (Wildman–Crippen LogP) is 9.55. The molecule has 5 aromatic rings. The number of aromatic nitrogens is 2. The van der Waals surface area contributed by atoms with Crippen LogP contribution in [0.15, 0.2) is 77.8 Å². The molecule has 10 rings (SSSR count). The SMILES string of the molecule is CC(C)c1ccccc1[C@@H]1CCC[C@@H]1N1CC2(CCN(c3ccc(C(=O)NS(=O)(=O)c4cc5c(c([N+](=O)[O-])c4)N[C@@H]([C@H]4CC[C@](C)(O)CC4)CC5)c(Oc4cc5cc[nH]c5nc4F)c3)CC2)C1. The molecule has 0 bridgehead atoms. The van der Waals surface area contributed by atoms with Crippen molar-refractivity contribution < 1.29 is 32.4 Å². The summed E-state index contributed by atoms with van der Waals surface area (Å²) in [5, 5.41) is 26.8. The van der Waals surface area contributed by atoms with Gasteiger partial charge in [0, 0.05) is 67.7 Å². The monoisotopic (exact) mass is 933 g/mol. The third-order valence-electron chi connectivity index (χ3n) is 15.8. The molecule has 3 aromatic carbocycles. The standard InChI is InChI=1S/C51H60FN7O7S/c1-31(2)37-7-4-5-8-38(37)39-9-6-10-42(39)58-29-51(30-58)20-23-57(24-21-51)35-12-13-40(44(27-35)66-45-26-34-17-22-53-48(34)55-47(45)52)49(60)56-67(64,65)36-25-33-11-14-41(32-15-18-50(3,61)19-16-32)54-46(33)43(28-36)59(62)63/h4-5,7-8,12-13,17,22,25-28,31-32,39,41-42,54,61H,6,9-11,14-16,18-21,23-24,29-30H2,1-3H3,(H,53,55)(H,56,60)/t32-,39-,41+,42-,50-/m0/s1. The summed E-state index contributed by atoms with van der Waals surface area (Å²) in [6.07, 6.45) is 11.1. The van der Waals surface area contributed by atoms with Crippen LogP contribution in [0.3, 0.4) is 0 Å². The average Bonchev–Trinajstić information content (AvgIpc) is 3.97. The number of pyridine rings is 1. The quantitative estimate of drug-likeness (QED) is 0.0562. The number of hydrogen-bond acceptors (Lipinski definition) is 11. The molecule has 2 saturated carbocycles. The van der Waals surface area contributed by atoms with Crippen molar-refractivity contribution in [1.29, 1.82) is 0 Å². The molecule has 0 unspecified atom stereocenters. The van der Waals surface area contributed by atoms with Gasteiger partial charge in [-0.2, -0.15) is 9.37 Å². The number of benzene rings is 3. The van der Waals surface area contributed by atoms with Crippen molar-refractivity contribution in [3.05, 3.63) is 111 Å². The van der Waals surface area contributed by atoms with Crippen LogP contribution in [0.1, 0.15) is 124 Å². The topological polar surface area (TPSA) is 183 Å². The second-order valence-corrected chi connectivity index (χ2v) is 22.2. The fourth-order valence-electron chi connectivity index (χ4n) is 12.0. The Balaban J connectivity index is 0.866. The van der Waals surface area contributed by atoms with E-state index < -0.39 is 43.0 Å². The number of piperidine rings is 1. The van der Waals surface area contributed by atoms with Crippen molar-refractivity contribution in [1.82, 2.24) is 19.6 Å². The van der Waals surface area contributed by atoms with Gasteiger partial charge in [-0.05, 0) is 141 Å². The Morgan fingerprint density at radius 1 is 0.985 bits per heavy atom. The summed E-state index contributed by atoms with van der Waals surface area (Å²) in [5.74, 6) is -1.04. The third kappa shape index (κ3) is 8.88. The number of nitrogens with one attached hydrogen (secondary N) is 3. The van der Waals surface area contributed by atoms with Crippen LogP contribution < -0.4 is 19.7 Å². The van der Waals surface area contributed by atoms with Crippen molar-refractivity contribution in [2.75, 3.05) is 36.4 Å². The number of H-pyrrole nitrogens is 1. The molecule has 3 atom stereocenters. The van der Waals surface area contributed by atoms with E-state index in [-0.39, 0.29) is 40.1 Å². The maximum atomic E-state index is 15.5. The molecule has 0 radical (unpaired) electrons. The smallest absolute Gasteiger partial charge is 0.293 e. The Bertz CT molecular complexity index is 2820. The Morgan fingerprint density at radius 3 is 2.49 bits per heavy atom. The van der Waals surface area contributed by atoms with Gasteiger partial charge in [0.05, 0.1) is 21.0 Å². The first kappa shape index (κ1) is 45.2. The van der Waals surface area contributed by atoms with E-state index in [0.29, 0.717) is 60.2 Å². The highest BCUT2D eigenvalue weighted by atomic mass is 32.2. The van der Waals surface area contributed by atoms with E-state index in [1.165, 1.54) is 48.6 Å². The molecule has 5 aliphatic rings. The molecule has 2 aromatic heterocycles. The summed E-state index contributed by atoms with van der Waals surface area (Å²) >= 11 is 0. The lowest BCUT2D eigenvalue weighted by Gasteiger charge is -2.57. The number of sulfonamides is 1. The lowest BCUT2D eigenvalue weighted by atomic mass is 9.70. The van der Waals surface area contributed by atoms with E-state index in [1.54, 1.807) is 24.4 Å². The zero-order valence-electron chi connectivity index (χ0n) is 38.4. The Kier molecular flexibility index (Phi) is 11.8. The number of carbonyl (C=O) groups is 1. The van der Waals surface area contributed by atoms with Gasteiger partial charge < -0.3 is 25.0 Å². The highest BCUT2D eigenvalue weighted by Crippen LogP contribution is 2.49. The van der Waals surface area contributed by atoms with Gasteiger partial charge in [-0.1, -0.05) is 44.5 Å². The van der Waals surface area contributed by atoms with Gasteiger partial charge in [0.15, 0.2) is 5.75 Å². The van der Waals surface area contributed by atoms with Crippen LogP contribution in [0.4, 0.5) is 21.5 Å². The van der Waals surface area contributed by atoms with E-state index in [2.05, 4.69) is 67.9 Å². The lowest BCUT2D eigenvalue weighted by Crippen LogP contribution is -2.63. The number of aliphatic hydroxyl groups is 1. The zero-order chi connectivity index (χ0) is 46.8. The molecule has 4 fully saturated rings. The number of halogens is 1. The maximum absolute atomic E-state index is 15.5. The van der Waals surface area contributed by atoms with Crippen molar-refractivity contribution in [2.45, 2.75) is 126 Å². The maximum Gasteiger partial charge on any atom is 0.293 e. The summed E-state index contributed by atoms with van der Waals surface area (Å²) in [6, 6.07) is 19.8. The number of ether oxygens (including phenoxy) is 1. The molecule has 4 N–H and O–H groups in total. The second-order valence-electron chi connectivity index (χ2n) is 20.5. The number of nitro groups is 1. The molecule has 5 heterocycles. The molecule has 1 amide bonds. The third-order valence-corrected chi connectivity index (χ3v) is 17.1. The first-order valence-corrected chi connectivity index (χ1v) is 25.4. The summed E-state index contributed by atoms with van der Waals surface area (Å²) in [5.41, 5.74) is 3.69. The largest absolute Gasteiger partial charge is 0.452 e. The highest BCUT2D eigenvalue weighted by molar-refractivity contribution is 7.90. The van der Waals surface area contributed by atoms with Gasteiger partial charge in [0.1, 0.15) is 17.1 Å². The van der Waals surface area contributed by atoms with Crippen molar-refractivity contribution >= 4 is 44.0 Å².